The van der Waals surface area contributed by atoms with E-state index in [1.165, 1.54) is 0 Å². The number of nitrogens with zero attached hydrogens (tertiary/aromatic N) is 2. The van der Waals surface area contributed by atoms with E-state index in [9.17, 15) is 8.78 Å². The van der Waals surface area contributed by atoms with Crippen molar-refractivity contribution in [2.24, 2.45) is 0 Å². The summed E-state index contributed by atoms with van der Waals surface area (Å²) in [4.78, 5) is 8.33. The maximum Gasteiger partial charge on any atom is 0.278 e. The van der Waals surface area contributed by atoms with Gasteiger partial charge in [-0.05, 0) is 12.1 Å². The summed E-state index contributed by atoms with van der Waals surface area (Å²) in [5.74, 6) is 0.166. The van der Waals surface area contributed by atoms with E-state index < -0.39 is 13.3 Å². The van der Waals surface area contributed by atoms with Gasteiger partial charge in [-0.2, -0.15) is 0 Å². The molecule has 0 saturated carbocycles. The van der Waals surface area contributed by atoms with E-state index in [1.807, 2.05) is 0 Å². The molecular weight excluding hydrogens is 242 g/mol. The van der Waals surface area contributed by atoms with Crippen molar-refractivity contribution >= 4 is 11.0 Å². The van der Waals surface area contributed by atoms with Gasteiger partial charge in [0.15, 0.2) is 0 Å². The second-order valence-corrected chi connectivity index (χ2v) is 3.40. The van der Waals surface area contributed by atoms with Gasteiger partial charge in [0.25, 0.3) is 11.8 Å². The Labute approximate surface area is 103 Å². The van der Waals surface area contributed by atoms with Crippen molar-refractivity contribution in [1.82, 2.24) is 9.97 Å². The fourth-order valence-corrected chi connectivity index (χ4v) is 1.43. The van der Waals surface area contributed by atoms with Gasteiger partial charge >= 0.3 is 0 Å². The molecule has 1 aromatic heterocycles. The summed E-state index contributed by atoms with van der Waals surface area (Å²) in [5.41, 5.74) is 1.22. The van der Waals surface area contributed by atoms with Crippen LogP contribution in [-0.4, -0.2) is 36.5 Å². The largest absolute Gasteiger partial charge is 0.471 e. The first-order valence-electron chi connectivity index (χ1n) is 5.49. The van der Waals surface area contributed by atoms with Crippen molar-refractivity contribution in [2.45, 2.75) is 0 Å². The summed E-state index contributed by atoms with van der Waals surface area (Å²) in [6, 6.07) is 7.11. The third-order valence-electron chi connectivity index (χ3n) is 2.14. The van der Waals surface area contributed by atoms with Gasteiger partial charge < -0.3 is 9.47 Å². The highest BCUT2D eigenvalue weighted by Crippen LogP contribution is 2.25. The fourth-order valence-electron chi connectivity index (χ4n) is 1.43. The van der Waals surface area contributed by atoms with E-state index in [4.69, 9.17) is 9.47 Å². The number of para-hydroxylation sites is 2. The third-order valence-corrected chi connectivity index (χ3v) is 2.14. The van der Waals surface area contributed by atoms with Gasteiger partial charge in [-0.1, -0.05) is 12.1 Å². The molecule has 6 heteroatoms. The first-order chi connectivity index (χ1) is 8.85. The van der Waals surface area contributed by atoms with Crippen LogP contribution in [0, 0.1) is 0 Å². The number of hydrogen-bond acceptors (Lipinski definition) is 4. The van der Waals surface area contributed by atoms with Crippen molar-refractivity contribution in [3.63, 3.8) is 0 Å². The first-order valence-corrected chi connectivity index (χ1v) is 5.49. The van der Waals surface area contributed by atoms with Gasteiger partial charge in [0.05, 0.1) is 11.0 Å². The lowest BCUT2D eigenvalue weighted by Gasteiger charge is -2.10. The van der Waals surface area contributed by atoms with Gasteiger partial charge in [-0.25, -0.2) is 18.7 Å². The molecule has 2 aromatic rings. The monoisotopic (exact) mass is 254 g/mol. The Hall–Kier alpha value is -1.98. The smallest absolute Gasteiger partial charge is 0.278 e. The molecule has 0 amide bonds. The van der Waals surface area contributed by atoms with Crippen molar-refractivity contribution in [2.75, 3.05) is 26.6 Å². The number of aromatic nitrogens is 2. The average molecular weight is 254 g/mol. The van der Waals surface area contributed by atoms with Crippen LogP contribution < -0.4 is 9.47 Å². The molecule has 0 N–H and O–H groups in total. The summed E-state index contributed by atoms with van der Waals surface area (Å²) in [7, 11) is 0. The Morgan fingerprint density at radius 3 is 1.67 bits per heavy atom. The minimum atomic E-state index is -0.642. The van der Waals surface area contributed by atoms with E-state index >= 15 is 0 Å². The Balaban J connectivity index is 2.35. The molecule has 0 aliphatic rings. The Morgan fingerprint density at radius 2 is 1.28 bits per heavy atom. The average Bonchev–Trinajstić information content (AvgIpc) is 2.42. The van der Waals surface area contributed by atoms with E-state index in [2.05, 4.69) is 9.97 Å². The maximum atomic E-state index is 12.1. The molecule has 0 fully saturated rings. The quantitative estimate of drug-likeness (QED) is 0.793. The number of hydrogen-bond donors (Lipinski definition) is 0. The van der Waals surface area contributed by atoms with Gasteiger partial charge in [0.1, 0.15) is 26.6 Å². The molecule has 0 radical (unpaired) electrons. The summed E-state index contributed by atoms with van der Waals surface area (Å²) in [6.07, 6.45) is 0. The highest BCUT2D eigenvalue weighted by Gasteiger charge is 2.11. The molecule has 0 unspecified atom stereocenters. The van der Waals surface area contributed by atoms with Crippen LogP contribution >= 0.6 is 0 Å². The van der Waals surface area contributed by atoms with Crippen LogP contribution in [0.1, 0.15) is 0 Å². The van der Waals surface area contributed by atoms with E-state index in [1.54, 1.807) is 24.3 Å². The standard InChI is InChI=1S/C12H12F2N2O2/c13-5-7-17-11-12(18-8-6-14)16-10-4-2-1-3-9(10)15-11/h1-4H,5-8H2. The minimum Gasteiger partial charge on any atom is -0.471 e. The van der Waals surface area contributed by atoms with Gasteiger partial charge in [0.2, 0.25) is 0 Å². The van der Waals surface area contributed by atoms with Crippen LogP contribution in [0.5, 0.6) is 11.8 Å². The van der Waals surface area contributed by atoms with E-state index in [-0.39, 0.29) is 25.0 Å². The molecule has 0 aliphatic heterocycles. The Bertz CT molecular complexity index is 476. The molecule has 0 bridgehead atoms. The van der Waals surface area contributed by atoms with E-state index in [0.717, 1.165) is 0 Å². The normalized spacial score (nSPS) is 10.6. The molecule has 0 saturated heterocycles. The minimum absolute atomic E-state index is 0.0831. The van der Waals surface area contributed by atoms with Crippen molar-refractivity contribution in [3.05, 3.63) is 24.3 Å². The topological polar surface area (TPSA) is 44.2 Å². The number of fused-ring (bicyclic) bond motifs is 1. The summed E-state index contributed by atoms with van der Waals surface area (Å²) in [6.45, 7) is -1.56. The molecule has 2 rings (SSSR count). The van der Waals surface area contributed by atoms with Crippen LogP contribution in [0.25, 0.3) is 11.0 Å². The van der Waals surface area contributed by atoms with E-state index in [0.29, 0.717) is 11.0 Å². The van der Waals surface area contributed by atoms with Crippen LogP contribution in [0.2, 0.25) is 0 Å². The van der Waals surface area contributed by atoms with Crippen LogP contribution in [0.15, 0.2) is 24.3 Å². The number of ether oxygens (including phenoxy) is 2. The zero-order chi connectivity index (χ0) is 12.8. The maximum absolute atomic E-state index is 12.1. The number of benzene rings is 1. The zero-order valence-electron chi connectivity index (χ0n) is 9.60. The molecule has 18 heavy (non-hydrogen) atoms. The van der Waals surface area contributed by atoms with Gasteiger partial charge in [-0.3, -0.25) is 0 Å². The number of alkyl halides is 2. The van der Waals surface area contributed by atoms with Crippen molar-refractivity contribution in [1.29, 1.82) is 0 Å². The molecule has 1 aromatic carbocycles. The van der Waals surface area contributed by atoms with Gasteiger partial charge in [0, 0.05) is 0 Å². The third kappa shape index (κ3) is 2.82. The zero-order valence-corrected chi connectivity index (χ0v) is 9.60. The summed E-state index contributed by atoms with van der Waals surface area (Å²) >= 11 is 0. The fraction of sp³-hybridized carbons (Fsp3) is 0.333. The molecule has 0 spiro atoms. The first kappa shape index (κ1) is 12.5. The second kappa shape index (κ2) is 6.09. The number of rotatable bonds is 6. The van der Waals surface area contributed by atoms with Crippen LogP contribution in [0.3, 0.4) is 0 Å². The highest BCUT2D eigenvalue weighted by atomic mass is 19.1. The lowest BCUT2D eigenvalue weighted by Crippen LogP contribution is -2.07. The van der Waals surface area contributed by atoms with Gasteiger partial charge in [-0.15, -0.1) is 0 Å². The molecule has 4 nitrogen and oxygen atoms in total. The molecule has 96 valence electrons. The lowest BCUT2D eigenvalue weighted by molar-refractivity contribution is 0.222. The van der Waals surface area contributed by atoms with Crippen LogP contribution in [-0.2, 0) is 0 Å². The van der Waals surface area contributed by atoms with Crippen LogP contribution in [0.4, 0.5) is 8.78 Å². The Morgan fingerprint density at radius 1 is 0.833 bits per heavy atom. The Kier molecular flexibility index (Phi) is 4.22. The van der Waals surface area contributed by atoms with Crippen molar-refractivity contribution < 1.29 is 18.3 Å². The summed E-state index contributed by atoms with van der Waals surface area (Å²) < 4.78 is 34.4. The predicted molar refractivity (Wildman–Crippen MR) is 62.5 cm³/mol. The molecular formula is C12H12F2N2O2. The lowest BCUT2D eigenvalue weighted by atomic mass is 10.3. The second-order valence-electron chi connectivity index (χ2n) is 3.40. The molecule has 0 aliphatic carbocycles. The molecule has 0 atom stereocenters. The predicted octanol–water partition coefficient (Wildman–Crippen LogP) is 2.33. The van der Waals surface area contributed by atoms with Crippen molar-refractivity contribution in [3.8, 4) is 11.8 Å². The molecule has 1 heterocycles. The summed E-state index contributed by atoms with van der Waals surface area (Å²) in [5, 5.41) is 0. The highest BCUT2D eigenvalue weighted by molar-refractivity contribution is 5.75. The SMILES string of the molecule is FCCOc1nc2ccccc2nc1OCCF. The number of halogens is 2.